The lowest BCUT2D eigenvalue weighted by molar-refractivity contribution is -0.0420. The van der Waals surface area contributed by atoms with Crippen LogP contribution in [0.2, 0.25) is 0 Å². The second-order valence-corrected chi connectivity index (χ2v) is 4.93. The lowest BCUT2D eigenvalue weighted by atomic mass is 10.00. The van der Waals surface area contributed by atoms with Gasteiger partial charge in [-0.2, -0.15) is 0 Å². The number of nitrogens with one attached hydrogen (secondary N) is 1. The van der Waals surface area contributed by atoms with Gasteiger partial charge in [0.2, 0.25) is 0 Å². The third-order valence-electron chi connectivity index (χ3n) is 3.16. The number of methoxy groups -OCH3 is 1. The Morgan fingerprint density at radius 1 is 1.12 bits per heavy atom. The summed E-state index contributed by atoms with van der Waals surface area (Å²) in [7, 11) is 1.77. The second kappa shape index (κ2) is 8.04. The van der Waals surface area contributed by atoms with Crippen molar-refractivity contribution >= 4 is 0 Å². The Balaban J connectivity index is 1.99. The number of rotatable bonds is 7. The van der Waals surface area contributed by atoms with Crippen LogP contribution in [-0.4, -0.2) is 38.5 Å². The van der Waals surface area contributed by atoms with Crippen LogP contribution < -0.4 is 5.32 Å². The molecule has 0 aromatic heterocycles. The lowest BCUT2D eigenvalue weighted by Crippen LogP contribution is -2.41. The predicted molar refractivity (Wildman–Crippen MR) is 66.8 cm³/mol. The van der Waals surface area contributed by atoms with Gasteiger partial charge in [-0.15, -0.1) is 0 Å². The first-order valence-corrected chi connectivity index (χ1v) is 6.60. The van der Waals surface area contributed by atoms with Gasteiger partial charge >= 0.3 is 0 Å². The van der Waals surface area contributed by atoms with Gasteiger partial charge in [0.05, 0.1) is 12.2 Å². The van der Waals surface area contributed by atoms with Crippen LogP contribution in [-0.2, 0) is 9.47 Å². The first-order chi connectivity index (χ1) is 7.72. The van der Waals surface area contributed by atoms with Gasteiger partial charge in [-0.05, 0) is 52.5 Å². The summed E-state index contributed by atoms with van der Waals surface area (Å²) in [5.74, 6) is 0. The van der Waals surface area contributed by atoms with E-state index in [4.69, 9.17) is 9.47 Å². The van der Waals surface area contributed by atoms with Crippen molar-refractivity contribution in [2.45, 2.75) is 64.2 Å². The molecule has 0 radical (unpaired) electrons. The monoisotopic (exact) mass is 229 g/mol. The maximum Gasteiger partial charge on any atom is 0.0565 e. The fraction of sp³-hybridized carbons (Fsp3) is 1.00. The van der Waals surface area contributed by atoms with Crippen LogP contribution in [0.15, 0.2) is 0 Å². The van der Waals surface area contributed by atoms with E-state index < -0.39 is 0 Å². The van der Waals surface area contributed by atoms with Gasteiger partial charge in [-0.25, -0.2) is 0 Å². The van der Waals surface area contributed by atoms with Gasteiger partial charge in [0.15, 0.2) is 0 Å². The van der Waals surface area contributed by atoms with Crippen LogP contribution in [0.4, 0.5) is 0 Å². The third kappa shape index (κ3) is 5.83. The fourth-order valence-electron chi connectivity index (χ4n) is 2.43. The first kappa shape index (κ1) is 13.9. The molecule has 1 heterocycles. The molecule has 1 rings (SSSR count). The van der Waals surface area contributed by atoms with Crippen molar-refractivity contribution < 1.29 is 9.47 Å². The molecule has 1 N–H and O–H groups in total. The molecular formula is C13H27NO2. The quantitative estimate of drug-likeness (QED) is 0.680. The van der Waals surface area contributed by atoms with E-state index in [1.54, 1.807) is 7.11 Å². The Morgan fingerprint density at radius 3 is 2.44 bits per heavy atom. The van der Waals surface area contributed by atoms with E-state index in [1.165, 1.54) is 19.3 Å². The molecule has 1 fully saturated rings. The van der Waals surface area contributed by atoms with Gasteiger partial charge in [-0.1, -0.05) is 0 Å². The van der Waals surface area contributed by atoms with Crippen molar-refractivity contribution in [3.8, 4) is 0 Å². The zero-order chi connectivity index (χ0) is 11.8. The fourth-order valence-corrected chi connectivity index (χ4v) is 2.43. The summed E-state index contributed by atoms with van der Waals surface area (Å²) < 4.78 is 10.7. The highest BCUT2D eigenvalue weighted by Crippen LogP contribution is 2.18. The van der Waals surface area contributed by atoms with Crippen molar-refractivity contribution in [3.63, 3.8) is 0 Å². The molecule has 96 valence electrons. The average molecular weight is 229 g/mol. The highest BCUT2D eigenvalue weighted by molar-refractivity contribution is 4.78. The van der Waals surface area contributed by atoms with Crippen molar-refractivity contribution in [2.75, 3.05) is 20.3 Å². The van der Waals surface area contributed by atoms with Crippen LogP contribution in [0.3, 0.4) is 0 Å². The van der Waals surface area contributed by atoms with Gasteiger partial charge in [0.1, 0.15) is 0 Å². The molecule has 1 saturated heterocycles. The molecule has 1 aliphatic heterocycles. The third-order valence-corrected chi connectivity index (χ3v) is 3.16. The standard InChI is InChI=1S/C13H27NO2/c1-11-9-13(10-12(2)16-11)14-7-5-4-6-8-15-3/h11-14H,4-10H2,1-3H3. The first-order valence-electron chi connectivity index (χ1n) is 6.60. The summed E-state index contributed by atoms with van der Waals surface area (Å²) in [5, 5.41) is 3.64. The van der Waals surface area contributed by atoms with Crippen LogP contribution in [0, 0.1) is 0 Å². The average Bonchev–Trinajstić information content (AvgIpc) is 2.22. The minimum absolute atomic E-state index is 0.412. The van der Waals surface area contributed by atoms with Crippen molar-refractivity contribution in [3.05, 3.63) is 0 Å². The molecule has 2 atom stereocenters. The summed E-state index contributed by atoms with van der Waals surface area (Å²) in [5.41, 5.74) is 0. The Bertz CT molecular complexity index is 165. The molecular weight excluding hydrogens is 202 g/mol. The van der Waals surface area contributed by atoms with Crippen LogP contribution in [0.25, 0.3) is 0 Å². The van der Waals surface area contributed by atoms with E-state index in [0.29, 0.717) is 18.2 Å². The van der Waals surface area contributed by atoms with Crippen LogP contribution >= 0.6 is 0 Å². The topological polar surface area (TPSA) is 30.5 Å². The van der Waals surface area contributed by atoms with Crippen LogP contribution in [0.1, 0.15) is 46.0 Å². The predicted octanol–water partition coefficient (Wildman–Crippen LogP) is 2.35. The summed E-state index contributed by atoms with van der Waals surface area (Å²) in [4.78, 5) is 0. The van der Waals surface area contributed by atoms with E-state index in [9.17, 15) is 0 Å². The minimum atomic E-state index is 0.412. The van der Waals surface area contributed by atoms with Gasteiger partial charge < -0.3 is 14.8 Å². The Labute approximate surface area is 99.9 Å². The largest absolute Gasteiger partial charge is 0.385 e. The molecule has 16 heavy (non-hydrogen) atoms. The maximum atomic E-state index is 5.72. The van der Waals surface area contributed by atoms with Gasteiger partial charge in [0.25, 0.3) is 0 Å². The number of hydrogen-bond donors (Lipinski definition) is 1. The van der Waals surface area contributed by atoms with Crippen molar-refractivity contribution in [1.29, 1.82) is 0 Å². The molecule has 0 bridgehead atoms. The van der Waals surface area contributed by atoms with E-state index >= 15 is 0 Å². The van der Waals surface area contributed by atoms with Crippen molar-refractivity contribution in [1.82, 2.24) is 5.32 Å². The Kier molecular flexibility index (Phi) is 7.01. The molecule has 0 spiro atoms. The van der Waals surface area contributed by atoms with Crippen molar-refractivity contribution in [2.24, 2.45) is 0 Å². The maximum absolute atomic E-state index is 5.72. The Morgan fingerprint density at radius 2 is 1.81 bits per heavy atom. The van der Waals surface area contributed by atoms with E-state index in [0.717, 1.165) is 26.0 Å². The second-order valence-electron chi connectivity index (χ2n) is 4.93. The molecule has 1 aliphatic rings. The smallest absolute Gasteiger partial charge is 0.0565 e. The molecule has 0 amide bonds. The van der Waals surface area contributed by atoms with Crippen LogP contribution in [0.5, 0.6) is 0 Å². The van der Waals surface area contributed by atoms with E-state index in [1.807, 2.05) is 0 Å². The molecule has 2 unspecified atom stereocenters. The molecule has 0 saturated carbocycles. The molecule has 3 nitrogen and oxygen atoms in total. The minimum Gasteiger partial charge on any atom is -0.385 e. The molecule has 0 aromatic carbocycles. The highest BCUT2D eigenvalue weighted by Gasteiger charge is 2.23. The van der Waals surface area contributed by atoms with E-state index in [-0.39, 0.29) is 0 Å². The normalized spacial score (nSPS) is 30.6. The number of ether oxygens (including phenoxy) is 2. The van der Waals surface area contributed by atoms with Gasteiger partial charge in [0, 0.05) is 19.8 Å². The van der Waals surface area contributed by atoms with Gasteiger partial charge in [-0.3, -0.25) is 0 Å². The summed E-state index contributed by atoms with van der Waals surface area (Å²) >= 11 is 0. The SMILES string of the molecule is COCCCCCNC1CC(C)OC(C)C1. The molecule has 0 aliphatic carbocycles. The lowest BCUT2D eigenvalue weighted by Gasteiger charge is -2.32. The summed E-state index contributed by atoms with van der Waals surface area (Å²) in [6.07, 6.45) is 6.83. The number of hydrogen-bond acceptors (Lipinski definition) is 3. The zero-order valence-corrected chi connectivity index (χ0v) is 11.0. The summed E-state index contributed by atoms with van der Waals surface area (Å²) in [6.45, 7) is 6.37. The highest BCUT2D eigenvalue weighted by atomic mass is 16.5. The van der Waals surface area contributed by atoms with E-state index in [2.05, 4.69) is 19.2 Å². The zero-order valence-electron chi connectivity index (χ0n) is 11.0. The molecule has 0 aromatic rings. The Hall–Kier alpha value is -0.120. The molecule has 3 heteroatoms. The summed E-state index contributed by atoms with van der Waals surface area (Å²) in [6, 6.07) is 0.654. The number of unbranched alkanes of at least 4 members (excludes halogenated alkanes) is 2.